The van der Waals surface area contributed by atoms with Gasteiger partial charge in [0.25, 0.3) is 10.0 Å². The number of terminal acetylenes is 1. The van der Waals surface area contributed by atoms with Crippen LogP contribution in [0, 0.1) is 35.0 Å². The van der Waals surface area contributed by atoms with Crippen LogP contribution in [0.1, 0.15) is 70.1 Å². The van der Waals surface area contributed by atoms with Gasteiger partial charge in [-0.25, -0.2) is 22.9 Å². The first-order valence-corrected chi connectivity index (χ1v) is 18.9. The molecule has 2 saturated carbocycles. The largest absolute Gasteiger partial charge is 0.477 e. The van der Waals surface area contributed by atoms with Gasteiger partial charge in [-0.2, -0.15) is 4.98 Å². The molecule has 1 aromatic carbocycles. The van der Waals surface area contributed by atoms with E-state index >= 15 is 0 Å². The standard InChI is InChI=1S/C35H43BN4O5P2S/c1-6-21(3)29(22(4)7-2)27-14-28-38-31(37-27)39-48(42,43)26-10-8-9-23(13-26)30(24-15-33(16-24)19-40(20-33)32(41)44-5)25(18-45-28)17-34(11-12-34)35(36,46)47/h1,7-10,13-14,24-25,30H,11-12,15-20,46-47H2,2-5H3,(H,37,38,39)/b22-7-,29-21+. The molecule has 4 atom stereocenters. The van der Waals surface area contributed by atoms with E-state index in [0.717, 1.165) is 43.2 Å². The molecule has 3 fully saturated rings. The van der Waals surface area contributed by atoms with Crippen molar-refractivity contribution in [3.05, 3.63) is 58.8 Å². The fourth-order valence-electron chi connectivity index (χ4n) is 8.11. The second kappa shape index (κ2) is 12.8. The number of methoxy groups -OCH3 is 1. The van der Waals surface area contributed by atoms with Gasteiger partial charge in [-0.15, -0.1) is 24.9 Å². The van der Waals surface area contributed by atoms with Gasteiger partial charge < -0.3 is 14.4 Å². The predicted octanol–water partition coefficient (Wildman–Crippen LogP) is 5.96. The molecule has 6 rings (SSSR count). The van der Waals surface area contributed by atoms with Crippen LogP contribution in [-0.4, -0.2) is 68.8 Å². The summed E-state index contributed by atoms with van der Waals surface area (Å²) in [7, 11) is 9.72. The number of fused-ring (bicyclic) bond motifs is 4. The number of benzene rings is 1. The van der Waals surface area contributed by atoms with Crippen molar-refractivity contribution >= 4 is 54.0 Å². The lowest BCUT2D eigenvalue weighted by molar-refractivity contribution is -0.0963. The summed E-state index contributed by atoms with van der Waals surface area (Å²) in [4.78, 5) is 22.6. The molecule has 1 amide bonds. The molecule has 4 bridgehead atoms. The summed E-state index contributed by atoms with van der Waals surface area (Å²) in [6.07, 6.45) is 12.1. The Balaban J connectivity index is 1.44. The number of rotatable bonds is 6. The smallest absolute Gasteiger partial charge is 0.409 e. The maximum Gasteiger partial charge on any atom is 0.409 e. The molecular formula is C35H43BN4O5P2S. The number of anilines is 1. The highest BCUT2D eigenvalue weighted by Gasteiger charge is 2.58. The monoisotopic (exact) mass is 704 g/mol. The zero-order valence-electron chi connectivity index (χ0n) is 28.0. The van der Waals surface area contributed by atoms with Gasteiger partial charge in [0.1, 0.15) is 0 Å². The van der Waals surface area contributed by atoms with Crippen molar-refractivity contribution in [1.29, 1.82) is 0 Å². The Morgan fingerprint density at radius 1 is 1.25 bits per heavy atom. The normalized spacial score (nSPS) is 24.6. The van der Waals surface area contributed by atoms with Crippen LogP contribution in [0.4, 0.5) is 10.7 Å². The third-order valence-electron chi connectivity index (χ3n) is 10.9. The van der Waals surface area contributed by atoms with Crippen LogP contribution in [0.15, 0.2) is 52.4 Å². The molecule has 1 spiro atoms. The maximum atomic E-state index is 13.9. The van der Waals surface area contributed by atoms with E-state index < -0.39 is 14.8 Å². The summed E-state index contributed by atoms with van der Waals surface area (Å²) in [6.45, 7) is 7.36. The highest BCUT2D eigenvalue weighted by atomic mass is 32.2. The maximum absolute atomic E-state index is 13.9. The van der Waals surface area contributed by atoms with E-state index in [9.17, 15) is 13.2 Å². The number of carbonyl (C=O) groups is 1. The Bertz CT molecular complexity index is 1830. The van der Waals surface area contributed by atoms with Crippen molar-refractivity contribution in [2.45, 2.75) is 68.5 Å². The van der Waals surface area contributed by atoms with Gasteiger partial charge >= 0.3 is 6.09 Å². The Morgan fingerprint density at radius 2 is 1.96 bits per heavy atom. The molecule has 2 aromatic rings. The number of hydrogen-bond acceptors (Lipinski definition) is 7. The van der Waals surface area contributed by atoms with E-state index in [-0.39, 0.29) is 51.4 Å². The first kappa shape index (κ1) is 34.9. The molecule has 1 saturated heterocycles. The molecule has 3 heterocycles. The fourth-order valence-corrected chi connectivity index (χ4v) is 9.92. The molecule has 13 heteroatoms. The molecule has 2 aliphatic heterocycles. The third-order valence-corrected chi connectivity index (χ3v) is 13.5. The number of ether oxygens (including phenoxy) is 2. The molecule has 48 heavy (non-hydrogen) atoms. The Kier molecular flexibility index (Phi) is 9.29. The first-order valence-electron chi connectivity index (χ1n) is 16.3. The average molecular weight is 705 g/mol. The number of hydrogen-bond donors (Lipinski definition) is 1. The minimum absolute atomic E-state index is 0.0115. The quantitative estimate of drug-likeness (QED) is 0.171. The number of amides is 1. The summed E-state index contributed by atoms with van der Waals surface area (Å²) in [5.41, 5.74) is 3.62. The number of sulfonamides is 1. The van der Waals surface area contributed by atoms with Crippen LogP contribution in [-0.2, 0) is 14.8 Å². The first-order chi connectivity index (χ1) is 22.6. The van der Waals surface area contributed by atoms with Crippen molar-refractivity contribution in [1.82, 2.24) is 14.9 Å². The van der Waals surface area contributed by atoms with Gasteiger partial charge in [0.15, 0.2) is 0 Å². The fraction of sp³-hybridized carbons (Fsp3) is 0.514. The van der Waals surface area contributed by atoms with Gasteiger partial charge in [0.2, 0.25) is 11.8 Å². The molecule has 2 aliphatic carbocycles. The van der Waals surface area contributed by atoms with Crippen LogP contribution in [0.3, 0.4) is 0 Å². The number of aromatic nitrogens is 2. The molecular weight excluding hydrogens is 661 g/mol. The highest BCUT2D eigenvalue weighted by molar-refractivity contribution is 7.92. The SMILES string of the molecule is [B]C(P)(P)C1(CC2COc3cc(C(/C(C)=C\C)=C(\C)C#C)nc(n3)NS(=O)(=O)c3cccc(c3)C2C2CC3(C2)CN(C(=O)OC)C3)CC1. The van der Waals surface area contributed by atoms with Crippen molar-refractivity contribution in [3.63, 3.8) is 0 Å². The number of likely N-dealkylation sites (tertiary alicyclic amines) is 1. The van der Waals surface area contributed by atoms with E-state index in [1.54, 1.807) is 29.2 Å². The number of allylic oxidation sites excluding steroid dienone is 4. The Labute approximate surface area is 290 Å². The van der Waals surface area contributed by atoms with E-state index in [2.05, 4.69) is 39.1 Å². The molecule has 1 N–H and O–H groups in total. The Hall–Kier alpha value is -2.92. The lowest BCUT2D eigenvalue weighted by Gasteiger charge is -2.60. The minimum Gasteiger partial charge on any atom is -0.477 e. The molecule has 4 aliphatic rings. The van der Waals surface area contributed by atoms with E-state index in [1.165, 1.54) is 7.11 Å². The van der Waals surface area contributed by atoms with Crippen molar-refractivity contribution in [3.8, 4) is 18.2 Å². The lowest BCUT2D eigenvalue weighted by atomic mass is 9.52. The van der Waals surface area contributed by atoms with Gasteiger partial charge in [0, 0.05) is 41.6 Å². The third kappa shape index (κ3) is 6.53. The molecule has 1 aromatic heterocycles. The zero-order valence-corrected chi connectivity index (χ0v) is 31.1. The topological polar surface area (TPSA) is 111 Å². The van der Waals surface area contributed by atoms with Gasteiger partial charge in [-0.05, 0) is 98.2 Å². The van der Waals surface area contributed by atoms with Crippen LogP contribution in [0.5, 0.6) is 5.88 Å². The minimum atomic E-state index is -4.06. The molecule has 2 radical (unpaired) electrons. The molecule has 4 unspecified atom stereocenters. The molecule has 9 nitrogen and oxygen atoms in total. The van der Waals surface area contributed by atoms with Crippen LogP contribution in [0.25, 0.3) is 5.57 Å². The Morgan fingerprint density at radius 3 is 2.56 bits per heavy atom. The highest BCUT2D eigenvalue weighted by Crippen LogP contribution is 2.65. The van der Waals surface area contributed by atoms with Gasteiger partial charge in [-0.3, -0.25) is 0 Å². The average Bonchev–Trinajstić information content (AvgIpc) is 3.80. The van der Waals surface area contributed by atoms with E-state index in [0.29, 0.717) is 36.5 Å². The van der Waals surface area contributed by atoms with E-state index in [4.69, 9.17) is 23.7 Å². The van der Waals surface area contributed by atoms with Crippen molar-refractivity contribution < 1.29 is 22.7 Å². The predicted molar refractivity (Wildman–Crippen MR) is 195 cm³/mol. The zero-order chi connectivity index (χ0) is 34.6. The van der Waals surface area contributed by atoms with Crippen LogP contribution < -0.4 is 9.46 Å². The number of nitrogens with one attached hydrogen (secondary N) is 1. The summed E-state index contributed by atoms with van der Waals surface area (Å²) in [6, 6.07) is 8.95. The number of carbonyl (C=O) groups excluding carboxylic acids is 1. The second-order valence-corrected chi connectivity index (χ2v) is 18.5. The van der Waals surface area contributed by atoms with E-state index in [1.807, 2.05) is 32.9 Å². The molecule has 252 valence electrons. The van der Waals surface area contributed by atoms with Crippen molar-refractivity contribution in [2.75, 3.05) is 31.5 Å². The summed E-state index contributed by atoms with van der Waals surface area (Å²) in [5.74, 6) is 3.10. The lowest BCUT2D eigenvalue weighted by Crippen LogP contribution is -2.64. The van der Waals surface area contributed by atoms with Crippen LogP contribution in [0.2, 0.25) is 0 Å². The second-order valence-electron chi connectivity index (χ2n) is 14.2. The van der Waals surface area contributed by atoms with Gasteiger partial charge in [0.05, 0.1) is 32.2 Å². The van der Waals surface area contributed by atoms with Crippen molar-refractivity contribution in [2.24, 2.45) is 22.7 Å². The summed E-state index contributed by atoms with van der Waals surface area (Å²) in [5, 5.41) is 0. The summed E-state index contributed by atoms with van der Waals surface area (Å²) >= 11 is 0. The van der Waals surface area contributed by atoms with Gasteiger partial charge in [-0.1, -0.05) is 24.1 Å². The van der Waals surface area contributed by atoms with Crippen LogP contribution >= 0.6 is 18.5 Å². The number of nitrogens with zero attached hydrogens (tertiary/aromatic N) is 3. The summed E-state index contributed by atoms with van der Waals surface area (Å²) < 4.78 is 41.9.